The van der Waals surface area contributed by atoms with Gasteiger partial charge in [0.2, 0.25) is 0 Å². The fourth-order valence-electron chi connectivity index (χ4n) is 2.60. The minimum atomic E-state index is -0.383. The molecule has 1 aromatic carbocycles. The number of hydrogen-bond acceptors (Lipinski definition) is 4. The second-order valence-electron chi connectivity index (χ2n) is 5.42. The quantitative estimate of drug-likeness (QED) is 0.779. The van der Waals surface area contributed by atoms with Gasteiger partial charge in [-0.25, -0.2) is 0 Å². The van der Waals surface area contributed by atoms with Crippen molar-refractivity contribution in [1.82, 2.24) is 4.90 Å². The standard InChI is InChI=1S/C17H24N2O3/c1-3-10-19(12-13-4-6-14(21-2)7-5-13)17(20)16-9-8-15(11-18)22-16/h3-7,15-16H,1,8-12,18H2,2H3/t15-,16+/m1/s1. The molecule has 0 unspecified atom stereocenters. The van der Waals surface area contributed by atoms with Crippen LogP contribution >= 0.6 is 0 Å². The van der Waals surface area contributed by atoms with E-state index in [0.717, 1.165) is 24.2 Å². The molecule has 0 spiro atoms. The van der Waals surface area contributed by atoms with Crippen molar-refractivity contribution < 1.29 is 14.3 Å². The summed E-state index contributed by atoms with van der Waals surface area (Å²) in [5.74, 6) is 0.807. The summed E-state index contributed by atoms with van der Waals surface area (Å²) in [4.78, 5) is 14.4. The molecule has 0 aromatic heterocycles. The van der Waals surface area contributed by atoms with Gasteiger partial charge in [-0.2, -0.15) is 0 Å². The Kier molecular flexibility index (Phi) is 5.98. The Morgan fingerprint density at radius 2 is 2.18 bits per heavy atom. The monoisotopic (exact) mass is 304 g/mol. The number of benzene rings is 1. The summed E-state index contributed by atoms with van der Waals surface area (Å²) in [6.45, 7) is 5.22. The zero-order valence-electron chi connectivity index (χ0n) is 13.0. The van der Waals surface area contributed by atoms with Crippen molar-refractivity contribution in [3.8, 4) is 5.75 Å². The van der Waals surface area contributed by atoms with Crippen LogP contribution in [0.5, 0.6) is 5.75 Å². The van der Waals surface area contributed by atoms with Gasteiger partial charge in [0.25, 0.3) is 5.91 Å². The first kappa shape index (κ1) is 16.5. The Bertz CT molecular complexity index is 501. The second kappa shape index (κ2) is 7.96. The van der Waals surface area contributed by atoms with E-state index in [9.17, 15) is 4.79 Å². The maximum Gasteiger partial charge on any atom is 0.252 e. The van der Waals surface area contributed by atoms with Gasteiger partial charge < -0.3 is 20.1 Å². The van der Waals surface area contributed by atoms with Crippen LogP contribution in [0.3, 0.4) is 0 Å². The summed E-state index contributed by atoms with van der Waals surface area (Å²) in [5.41, 5.74) is 6.65. The molecular formula is C17H24N2O3. The molecule has 1 aliphatic heterocycles. The van der Waals surface area contributed by atoms with Crippen LogP contribution < -0.4 is 10.5 Å². The van der Waals surface area contributed by atoms with Gasteiger partial charge in [-0.05, 0) is 30.5 Å². The Labute approximate surface area is 131 Å². The molecule has 2 N–H and O–H groups in total. The molecule has 1 aromatic rings. The molecular weight excluding hydrogens is 280 g/mol. The molecule has 22 heavy (non-hydrogen) atoms. The van der Waals surface area contributed by atoms with Crippen LogP contribution in [-0.2, 0) is 16.1 Å². The van der Waals surface area contributed by atoms with Gasteiger partial charge in [-0.15, -0.1) is 6.58 Å². The van der Waals surface area contributed by atoms with Crippen molar-refractivity contribution in [3.63, 3.8) is 0 Å². The summed E-state index contributed by atoms with van der Waals surface area (Å²) in [7, 11) is 1.63. The summed E-state index contributed by atoms with van der Waals surface area (Å²) >= 11 is 0. The lowest BCUT2D eigenvalue weighted by Crippen LogP contribution is -2.39. The van der Waals surface area contributed by atoms with Gasteiger partial charge in [0.15, 0.2) is 0 Å². The van der Waals surface area contributed by atoms with E-state index in [4.69, 9.17) is 15.2 Å². The molecule has 2 atom stereocenters. The van der Waals surface area contributed by atoms with Crippen molar-refractivity contribution in [2.24, 2.45) is 5.73 Å². The van der Waals surface area contributed by atoms with E-state index in [1.807, 2.05) is 24.3 Å². The van der Waals surface area contributed by atoms with E-state index >= 15 is 0 Å². The highest BCUT2D eigenvalue weighted by Crippen LogP contribution is 2.22. The average Bonchev–Trinajstić information content (AvgIpc) is 3.03. The summed E-state index contributed by atoms with van der Waals surface area (Å²) < 4.78 is 10.8. The zero-order chi connectivity index (χ0) is 15.9. The Balaban J connectivity index is 2.02. The molecule has 1 heterocycles. The van der Waals surface area contributed by atoms with Crippen LogP contribution in [0.25, 0.3) is 0 Å². The van der Waals surface area contributed by atoms with Gasteiger partial charge in [0.1, 0.15) is 11.9 Å². The number of carbonyl (C=O) groups excluding carboxylic acids is 1. The highest BCUT2D eigenvalue weighted by molar-refractivity contribution is 5.81. The van der Waals surface area contributed by atoms with Crippen molar-refractivity contribution in [1.29, 1.82) is 0 Å². The molecule has 1 fully saturated rings. The third kappa shape index (κ3) is 4.08. The predicted molar refractivity (Wildman–Crippen MR) is 85.6 cm³/mol. The zero-order valence-corrected chi connectivity index (χ0v) is 13.0. The van der Waals surface area contributed by atoms with Gasteiger partial charge in [-0.1, -0.05) is 18.2 Å². The number of ether oxygens (including phenoxy) is 2. The summed E-state index contributed by atoms with van der Waals surface area (Å²) in [6, 6.07) is 7.70. The van der Waals surface area contributed by atoms with E-state index in [-0.39, 0.29) is 18.1 Å². The van der Waals surface area contributed by atoms with E-state index in [0.29, 0.717) is 19.6 Å². The lowest BCUT2D eigenvalue weighted by molar-refractivity contribution is -0.142. The minimum Gasteiger partial charge on any atom is -0.497 e. The van der Waals surface area contributed by atoms with E-state index in [1.165, 1.54) is 0 Å². The molecule has 1 saturated heterocycles. The van der Waals surface area contributed by atoms with Crippen molar-refractivity contribution >= 4 is 5.91 Å². The van der Waals surface area contributed by atoms with Crippen LogP contribution in [0.15, 0.2) is 36.9 Å². The minimum absolute atomic E-state index is 0.000479. The molecule has 0 bridgehead atoms. The maximum absolute atomic E-state index is 12.6. The van der Waals surface area contributed by atoms with Crippen molar-refractivity contribution in [2.75, 3.05) is 20.2 Å². The fraction of sp³-hybridized carbons (Fsp3) is 0.471. The topological polar surface area (TPSA) is 64.8 Å². The van der Waals surface area contributed by atoms with Gasteiger partial charge in [-0.3, -0.25) is 4.79 Å². The number of hydrogen-bond donors (Lipinski definition) is 1. The number of rotatable bonds is 7. The highest BCUT2D eigenvalue weighted by Gasteiger charge is 2.32. The summed E-state index contributed by atoms with van der Waals surface area (Å²) in [6.07, 6.45) is 2.93. The molecule has 0 radical (unpaired) electrons. The Morgan fingerprint density at radius 1 is 1.45 bits per heavy atom. The normalized spacial score (nSPS) is 20.6. The van der Waals surface area contributed by atoms with Crippen LogP contribution in [0.2, 0.25) is 0 Å². The van der Waals surface area contributed by atoms with Gasteiger partial charge >= 0.3 is 0 Å². The molecule has 0 saturated carbocycles. The highest BCUT2D eigenvalue weighted by atomic mass is 16.5. The molecule has 0 aliphatic carbocycles. The first-order chi connectivity index (χ1) is 10.7. The molecule has 5 nitrogen and oxygen atoms in total. The number of methoxy groups -OCH3 is 1. The SMILES string of the molecule is C=CCN(Cc1ccc(OC)cc1)C(=O)[C@@H]1CC[C@H](CN)O1. The van der Waals surface area contributed by atoms with Gasteiger partial charge in [0, 0.05) is 19.6 Å². The number of carbonyl (C=O) groups is 1. The van der Waals surface area contributed by atoms with Crippen LogP contribution in [-0.4, -0.2) is 43.2 Å². The Hall–Kier alpha value is -1.85. The van der Waals surface area contributed by atoms with E-state index in [2.05, 4.69) is 6.58 Å². The molecule has 1 aliphatic rings. The van der Waals surface area contributed by atoms with Crippen molar-refractivity contribution in [2.45, 2.75) is 31.6 Å². The third-order valence-electron chi connectivity index (χ3n) is 3.84. The lowest BCUT2D eigenvalue weighted by atomic mass is 10.1. The third-order valence-corrected chi connectivity index (χ3v) is 3.84. The van der Waals surface area contributed by atoms with Crippen LogP contribution in [0.4, 0.5) is 0 Å². The smallest absolute Gasteiger partial charge is 0.252 e. The van der Waals surface area contributed by atoms with Crippen LogP contribution in [0, 0.1) is 0 Å². The average molecular weight is 304 g/mol. The second-order valence-corrected chi connectivity index (χ2v) is 5.42. The number of nitrogens with zero attached hydrogens (tertiary/aromatic N) is 1. The summed E-state index contributed by atoms with van der Waals surface area (Å²) in [5, 5.41) is 0. The lowest BCUT2D eigenvalue weighted by Gasteiger charge is -2.24. The van der Waals surface area contributed by atoms with Crippen LogP contribution in [0.1, 0.15) is 18.4 Å². The van der Waals surface area contributed by atoms with Gasteiger partial charge in [0.05, 0.1) is 13.2 Å². The van der Waals surface area contributed by atoms with E-state index < -0.39 is 0 Å². The predicted octanol–water partition coefficient (Wildman–Crippen LogP) is 1.72. The molecule has 2 rings (SSSR count). The first-order valence-electron chi connectivity index (χ1n) is 7.56. The first-order valence-corrected chi connectivity index (χ1v) is 7.56. The number of nitrogens with two attached hydrogens (primary N) is 1. The van der Waals surface area contributed by atoms with E-state index in [1.54, 1.807) is 18.1 Å². The fourth-order valence-corrected chi connectivity index (χ4v) is 2.60. The maximum atomic E-state index is 12.6. The largest absolute Gasteiger partial charge is 0.497 e. The van der Waals surface area contributed by atoms with Crippen molar-refractivity contribution in [3.05, 3.63) is 42.5 Å². The molecule has 120 valence electrons. The number of amides is 1. The Morgan fingerprint density at radius 3 is 2.73 bits per heavy atom. The molecule has 1 amide bonds. The molecule has 5 heteroatoms.